The van der Waals surface area contributed by atoms with Crippen molar-refractivity contribution < 1.29 is 9.13 Å². The second kappa shape index (κ2) is 7.16. The molecule has 0 unspecified atom stereocenters. The zero-order chi connectivity index (χ0) is 16.9. The molecule has 4 heteroatoms. The third kappa shape index (κ3) is 3.56. The first-order valence-electron chi connectivity index (χ1n) is 7.33. The number of hydrogen-bond donors (Lipinski definition) is 0. The van der Waals surface area contributed by atoms with Gasteiger partial charge in [0.15, 0.2) is 0 Å². The zero-order valence-corrected chi connectivity index (χ0v) is 13.4. The Hall–Kier alpha value is -2.83. The topological polar surface area (TPSA) is 33.0 Å². The van der Waals surface area contributed by atoms with Gasteiger partial charge in [-0.3, -0.25) is 0 Å². The lowest BCUT2D eigenvalue weighted by Crippen LogP contribution is -1.99. The molecule has 2 nitrogen and oxygen atoms in total. The summed E-state index contributed by atoms with van der Waals surface area (Å²) in [5, 5.41) is 9.18. The number of halogens is 2. The van der Waals surface area contributed by atoms with E-state index in [0.717, 1.165) is 11.1 Å². The van der Waals surface area contributed by atoms with E-state index < -0.39 is 0 Å². The third-order valence-corrected chi connectivity index (χ3v) is 4.00. The van der Waals surface area contributed by atoms with Gasteiger partial charge in [-0.1, -0.05) is 41.9 Å². The third-order valence-electron chi connectivity index (χ3n) is 3.65. The fourth-order valence-electron chi connectivity index (χ4n) is 2.31. The minimum absolute atomic E-state index is 0.0712. The molecule has 0 aliphatic heterocycles. The van der Waals surface area contributed by atoms with E-state index in [0.29, 0.717) is 21.9 Å². The Morgan fingerprint density at radius 3 is 2.12 bits per heavy atom. The van der Waals surface area contributed by atoms with Gasteiger partial charge in [0.25, 0.3) is 0 Å². The quantitative estimate of drug-likeness (QED) is 0.621. The summed E-state index contributed by atoms with van der Waals surface area (Å²) in [6.07, 6.45) is 0. The van der Waals surface area contributed by atoms with Crippen LogP contribution in [0.5, 0.6) is 5.75 Å². The lowest BCUT2D eigenvalue weighted by atomic mass is 10.0. The number of nitriles is 1. The number of rotatable bonds is 4. The van der Waals surface area contributed by atoms with Crippen LogP contribution in [0.1, 0.15) is 11.1 Å². The van der Waals surface area contributed by atoms with Crippen LogP contribution in [0, 0.1) is 17.1 Å². The summed E-state index contributed by atoms with van der Waals surface area (Å²) in [6, 6.07) is 21.5. The van der Waals surface area contributed by atoms with Crippen LogP contribution in [0.2, 0.25) is 5.02 Å². The smallest absolute Gasteiger partial charge is 0.131 e. The molecule has 0 heterocycles. The summed E-state index contributed by atoms with van der Waals surface area (Å²) in [7, 11) is 0. The molecule has 0 N–H and O–H groups in total. The van der Waals surface area contributed by atoms with Gasteiger partial charge >= 0.3 is 0 Å². The normalized spacial score (nSPS) is 10.2. The Bertz CT molecular complexity index is 863. The average Bonchev–Trinajstić information content (AvgIpc) is 2.62. The molecule has 3 rings (SSSR count). The lowest BCUT2D eigenvalue weighted by Gasteiger charge is -2.09. The molecule has 0 spiro atoms. The molecule has 0 saturated heterocycles. The largest absolute Gasteiger partial charge is 0.489 e. The van der Waals surface area contributed by atoms with E-state index in [1.807, 2.05) is 36.4 Å². The maximum Gasteiger partial charge on any atom is 0.131 e. The fourth-order valence-corrected chi connectivity index (χ4v) is 2.52. The van der Waals surface area contributed by atoms with Crippen molar-refractivity contribution in [3.8, 4) is 22.9 Å². The lowest BCUT2D eigenvalue weighted by molar-refractivity contribution is 0.300. The SMILES string of the molecule is N#Cc1ccc(-c2ccc(OCc3c(F)cccc3Cl)cc2)cc1. The van der Waals surface area contributed by atoms with Gasteiger partial charge in [-0.25, -0.2) is 4.39 Å². The summed E-state index contributed by atoms with van der Waals surface area (Å²) in [5.41, 5.74) is 2.99. The minimum atomic E-state index is -0.378. The molecule has 0 amide bonds. The van der Waals surface area contributed by atoms with Crippen LogP contribution in [-0.4, -0.2) is 0 Å². The Morgan fingerprint density at radius 1 is 0.917 bits per heavy atom. The van der Waals surface area contributed by atoms with Crippen LogP contribution in [-0.2, 0) is 6.61 Å². The van der Waals surface area contributed by atoms with Crippen LogP contribution >= 0.6 is 11.6 Å². The minimum Gasteiger partial charge on any atom is -0.489 e. The van der Waals surface area contributed by atoms with Crippen molar-refractivity contribution in [3.05, 3.63) is 88.7 Å². The highest BCUT2D eigenvalue weighted by molar-refractivity contribution is 6.31. The molecule has 0 aliphatic carbocycles. The van der Waals surface area contributed by atoms with E-state index in [4.69, 9.17) is 21.6 Å². The van der Waals surface area contributed by atoms with Crippen LogP contribution in [0.3, 0.4) is 0 Å². The van der Waals surface area contributed by atoms with E-state index in [-0.39, 0.29) is 12.4 Å². The Labute approximate surface area is 144 Å². The second-order valence-electron chi connectivity index (χ2n) is 5.20. The zero-order valence-electron chi connectivity index (χ0n) is 12.7. The number of benzene rings is 3. The van der Waals surface area contributed by atoms with E-state index in [9.17, 15) is 4.39 Å². The molecular formula is C20H13ClFNO. The molecule has 0 saturated carbocycles. The first-order valence-corrected chi connectivity index (χ1v) is 7.71. The van der Waals surface area contributed by atoms with E-state index in [1.54, 1.807) is 24.3 Å². The average molecular weight is 338 g/mol. The highest BCUT2D eigenvalue weighted by Gasteiger charge is 2.07. The van der Waals surface area contributed by atoms with Gasteiger partial charge in [0.2, 0.25) is 0 Å². The molecule has 0 aromatic heterocycles. The van der Waals surface area contributed by atoms with Crippen molar-refractivity contribution in [2.75, 3.05) is 0 Å². The standard InChI is InChI=1S/C20H13ClFNO/c21-19-2-1-3-20(22)18(19)13-24-17-10-8-16(9-11-17)15-6-4-14(12-23)5-7-15/h1-11H,13H2. The van der Waals surface area contributed by atoms with Gasteiger partial charge in [-0.15, -0.1) is 0 Å². The molecular weight excluding hydrogens is 325 g/mol. The van der Waals surface area contributed by atoms with Crippen molar-refractivity contribution in [1.82, 2.24) is 0 Å². The van der Waals surface area contributed by atoms with Crippen molar-refractivity contribution in [1.29, 1.82) is 5.26 Å². The summed E-state index contributed by atoms with van der Waals surface area (Å²) in [5.74, 6) is 0.253. The molecule has 0 aliphatic rings. The summed E-state index contributed by atoms with van der Waals surface area (Å²) < 4.78 is 19.3. The number of hydrogen-bond acceptors (Lipinski definition) is 2. The Morgan fingerprint density at radius 2 is 1.54 bits per heavy atom. The molecule has 3 aromatic carbocycles. The highest BCUT2D eigenvalue weighted by atomic mass is 35.5. The first kappa shape index (κ1) is 16.0. The van der Waals surface area contributed by atoms with Gasteiger partial charge in [-0.05, 0) is 47.5 Å². The van der Waals surface area contributed by atoms with Gasteiger partial charge in [0, 0.05) is 5.56 Å². The molecule has 0 bridgehead atoms. The molecule has 118 valence electrons. The number of ether oxygens (including phenoxy) is 1. The molecule has 0 radical (unpaired) electrons. The first-order chi connectivity index (χ1) is 11.7. The molecule has 0 atom stereocenters. The second-order valence-corrected chi connectivity index (χ2v) is 5.61. The summed E-state index contributed by atoms with van der Waals surface area (Å²) >= 11 is 5.98. The predicted octanol–water partition coefficient (Wildman–Crippen LogP) is 5.60. The molecule has 3 aromatic rings. The van der Waals surface area contributed by atoms with Crippen LogP contribution < -0.4 is 4.74 Å². The Balaban J connectivity index is 1.71. The molecule has 24 heavy (non-hydrogen) atoms. The molecule has 0 fully saturated rings. The monoisotopic (exact) mass is 337 g/mol. The van der Waals surface area contributed by atoms with Crippen molar-refractivity contribution in [3.63, 3.8) is 0 Å². The summed E-state index contributed by atoms with van der Waals surface area (Å²) in [4.78, 5) is 0. The van der Waals surface area contributed by atoms with E-state index in [1.165, 1.54) is 6.07 Å². The Kier molecular flexibility index (Phi) is 4.79. The van der Waals surface area contributed by atoms with Crippen LogP contribution in [0.25, 0.3) is 11.1 Å². The van der Waals surface area contributed by atoms with Gasteiger partial charge < -0.3 is 4.74 Å². The van der Waals surface area contributed by atoms with Gasteiger partial charge in [-0.2, -0.15) is 5.26 Å². The maximum atomic E-state index is 13.7. The van der Waals surface area contributed by atoms with Crippen LogP contribution in [0.4, 0.5) is 4.39 Å². The summed E-state index contributed by atoms with van der Waals surface area (Å²) in [6.45, 7) is 0.0712. The fraction of sp³-hybridized carbons (Fsp3) is 0.0500. The van der Waals surface area contributed by atoms with E-state index >= 15 is 0 Å². The van der Waals surface area contributed by atoms with Crippen LogP contribution in [0.15, 0.2) is 66.7 Å². The van der Waals surface area contributed by atoms with Gasteiger partial charge in [0.1, 0.15) is 18.2 Å². The van der Waals surface area contributed by atoms with E-state index in [2.05, 4.69) is 6.07 Å². The highest BCUT2D eigenvalue weighted by Crippen LogP contribution is 2.25. The number of nitrogens with zero attached hydrogens (tertiary/aromatic N) is 1. The van der Waals surface area contributed by atoms with Gasteiger partial charge in [0.05, 0.1) is 16.7 Å². The van der Waals surface area contributed by atoms with Crippen molar-refractivity contribution >= 4 is 11.6 Å². The maximum absolute atomic E-state index is 13.7. The van der Waals surface area contributed by atoms with Crippen molar-refractivity contribution in [2.24, 2.45) is 0 Å². The van der Waals surface area contributed by atoms with Crippen molar-refractivity contribution in [2.45, 2.75) is 6.61 Å². The predicted molar refractivity (Wildman–Crippen MR) is 92.3 cm³/mol.